The van der Waals surface area contributed by atoms with Crippen molar-refractivity contribution in [2.45, 2.75) is 11.8 Å². The van der Waals surface area contributed by atoms with E-state index in [0.717, 1.165) is 17.3 Å². The van der Waals surface area contributed by atoms with Crippen LogP contribution in [-0.4, -0.2) is 23.3 Å². The maximum Gasteiger partial charge on any atom is 0.324 e. The first-order valence-corrected chi connectivity index (χ1v) is 7.22. The Morgan fingerprint density at radius 1 is 1.18 bits per heavy atom. The summed E-state index contributed by atoms with van der Waals surface area (Å²) in [5.41, 5.74) is 15.4. The number of hydrogen-bond acceptors (Lipinski definition) is 2. The normalized spacial score (nSPS) is 13.0. The molecule has 0 fully saturated rings. The molecule has 5 heteroatoms. The molecule has 0 spiro atoms. The highest BCUT2D eigenvalue weighted by Crippen LogP contribution is 2.29. The van der Waals surface area contributed by atoms with Crippen molar-refractivity contribution in [3.05, 3.63) is 76.3 Å². The molecule has 0 radical (unpaired) electrons. The highest BCUT2D eigenvalue weighted by Gasteiger charge is 2.40. The number of nitrogens with zero attached hydrogens (tertiary/aromatic N) is 2. The second-order valence-corrected chi connectivity index (χ2v) is 5.50. The molecule has 0 unspecified atom stereocenters. The third kappa shape index (κ3) is 3.31. The van der Waals surface area contributed by atoms with Crippen molar-refractivity contribution in [3.8, 4) is 0 Å². The molecule has 0 saturated heterocycles. The zero-order chi connectivity index (χ0) is 16.0. The Hall–Kier alpha value is -2.26. The van der Waals surface area contributed by atoms with E-state index in [2.05, 4.69) is 4.79 Å². The van der Waals surface area contributed by atoms with E-state index in [-0.39, 0.29) is 12.3 Å². The predicted molar refractivity (Wildman–Crippen MR) is 87.0 cm³/mol. The molecule has 2 aromatic rings. The van der Waals surface area contributed by atoms with Crippen molar-refractivity contribution in [1.29, 1.82) is 0 Å². The summed E-state index contributed by atoms with van der Waals surface area (Å²) in [6.07, 6.45) is 1.32. The highest BCUT2D eigenvalue weighted by molar-refractivity contribution is 6.31. The molecular formula is C17H16ClN3O. The Kier molecular flexibility index (Phi) is 5.23. The lowest BCUT2D eigenvalue weighted by Gasteiger charge is -2.29. The van der Waals surface area contributed by atoms with Crippen molar-refractivity contribution in [2.75, 3.05) is 6.54 Å². The largest absolute Gasteiger partial charge is 0.361 e. The van der Waals surface area contributed by atoms with Gasteiger partial charge >= 0.3 is 6.21 Å². The molecule has 0 saturated carbocycles. The molecule has 2 aromatic carbocycles. The summed E-state index contributed by atoms with van der Waals surface area (Å²) in [4.78, 5) is 15.4. The molecule has 22 heavy (non-hydrogen) atoms. The van der Waals surface area contributed by atoms with Crippen LogP contribution in [0.2, 0.25) is 5.02 Å². The Morgan fingerprint density at radius 3 is 2.36 bits per heavy atom. The molecule has 2 N–H and O–H groups in total. The standard InChI is InChI=1S/C17H16ClN3O/c18-15-8-6-14(7-9-15)17(12-19,16(22)11-21-20)10-13-4-2-1-3-5-13/h1-9,11H,10,12,19H2/t17-/m1/s1. The van der Waals surface area contributed by atoms with Crippen molar-refractivity contribution in [1.82, 2.24) is 0 Å². The third-order valence-electron chi connectivity index (χ3n) is 3.74. The topological polar surface area (TPSA) is 79.5 Å². The van der Waals surface area contributed by atoms with E-state index < -0.39 is 5.41 Å². The first-order chi connectivity index (χ1) is 10.6. The number of benzene rings is 2. The van der Waals surface area contributed by atoms with E-state index in [1.165, 1.54) is 0 Å². The summed E-state index contributed by atoms with van der Waals surface area (Å²) in [5.74, 6) is -0.344. The van der Waals surface area contributed by atoms with E-state index in [4.69, 9.17) is 22.9 Å². The number of halogens is 1. The minimum Gasteiger partial charge on any atom is -0.361 e. The van der Waals surface area contributed by atoms with Gasteiger partial charge in [-0.3, -0.25) is 4.79 Å². The van der Waals surface area contributed by atoms with E-state index in [1.807, 2.05) is 30.3 Å². The number of carbonyl (C=O) groups excluding carboxylic acids is 1. The number of carbonyl (C=O) groups is 1. The second-order valence-electron chi connectivity index (χ2n) is 5.06. The molecule has 0 aliphatic heterocycles. The summed E-state index contributed by atoms with van der Waals surface area (Å²) in [6, 6.07) is 16.6. The van der Waals surface area contributed by atoms with Gasteiger partial charge in [0.2, 0.25) is 5.78 Å². The lowest BCUT2D eigenvalue weighted by Crippen LogP contribution is -2.45. The van der Waals surface area contributed by atoms with Gasteiger partial charge in [0.05, 0.1) is 5.41 Å². The van der Waals surface area contributed by atoms with Gasteiger partial charge in [0.15, 0.2) is 0 Å². The van der Waals surface area contributed by atoms with Crippen molar-refractivity contribution < 1.29 is 9.58 Å². The fourth-order valence-electron chi connectivity index (χ4n) is 2.51. The van der Waals surface area contributed by atoms with Gasteiger partial charge < -0.3 is 11.3 Å². The average molecular weight is 314 g/mol. The zero-order valence-corrected chi connectivity index (χ0v) is 12.7. The van der Waals surface area contributed by atoms with Crippen LogP contribution in [0.15, 0.2) is 54.6 Å². The monoisotopic (exact) mass is 313 g/mol. The van der Waals surface area contributed by atoms with Gasteiger partial charge in [0.25, 0.3) is 0 Å². The lowest BCUT2D eigenvalue weighted by molar-refractivity contribution is -0.121. The Bertz CT molecular complexity index is 694. The van der Waals surface area contributed by atoms with Crippen LogP contribution in [0.3, 0.4) is 0 Å². The van der Waals surface area contributed by atoms with Gasteiger partial charge in [-0.15, -0.1) is 0 Å². The molecule has 0 aromatic heterocycles. The zero-order valence-electron chi connectivity index (χ0n) is 11.9. The van der Waals surface area contributed by atoms with Gasteiger partial charge in [-0.25, -0.2) is 0 Å². The smallest absolute Gasteiger partial charge is 0.324 e. The highest BCUT2D eigenvalue weighted by atomic mass is 35.5. The number of rotatable bonds is 6. The van der Waals surface area contributed by atoms with Crippen LogP contribution < -0.4 is 5.73 Å². The number of Topliss-reactive ketones (excluding diaryl/α,β-unsaturated/α-hetero) is 1. The van der Waals surface area contributed by atoms with Gasteiger partial charge in [0, 0.05) is 11.6 Å². The van der Waals surface area contributed by atoms with Gasteiger partial charge in [-0.1, -0.05) is 54.1 Å². The maximum atomic E-state index is 12.6. The average Bonchev–Trinajstić information content (AvgIpc) is 2.54. The van der Waals surface area contributed by atoms with E-state index >= 15 is 0 Å². The number of ketones is 1. The van der Waals surface area contributed by atoms with E-state index in [0.29, 0.717) is 11.4 Å². The molecule has 0 heterocycles. The van der Waals surface area contributed by atoms with Gasteiger partial charge in [0.1, 0.15) is 0 Å². The van der Waals surface area contributed by atoms with Crippen LogP contribution in [0.5, 0.6) is 0 Å². The van der Waals surface area contributed by atoms with Crippen LogP contribution in [0.1, 0.15) is 11.1 Å². The SMILES string of the molecule is [N-]=[N+]=CC(=O)[C@@](CN)(Cc1ccccc1)c1ccc(Cl)cc1. The van der Waals surface area contributed by atoms with Crippen LogP contribution in [0, 0.1) is 0 Å². The summed E-state index contributed by atoms with van der Waals surface area (Å²) in [5, 5.41) is 0.581. The molecule has 4 nitrogen and oxygen atoms in total. The lowest BCUT2D eigenvalue weighted by atomic mass is 9.72. The Balaban J connectivity index is 2.53. The van der Waals surface area contributed by atoms with E-state index in [1.54, 1.807) is 24.3 Å². The minimum absolute atomic E-state index is 0.0916. The first-order valence-electron chi connectivity index (χ1n) is 6.84. The van der Waals surface area contributed by atoms with Crippen molar-refractivity contribution in [3.63, 3.8) is 0 Å². The molecule has 0 aliphatic carbocycles. The van der Waals surface area contributed by atoms with Crippen molar-refractivity contribution >= 4 is 23.6 Å². The fraction of sp³-hybridized carbons (Fsp3) is 0.176. The fourth-order valence-corrected chi connectivity index (χ4v) is 2.64. The maximum absolute atomic E-state index is 12.6. The van der Waals surface area contributed by atoms with Crippen LogP contribution in [0.25, 0.3) is 5.53 Å². The Labute approximate surface area is 134 Å². The second kappa shape index (κ2) is 7.14. The van der Waals surface area contributed by atoms with Crippen LogP contribution >= 0.6 is 11.6 Å². The summed E-state index contributed by atoms with van der Waals surface area (Å²) in [7, 11) is 0. The molecule has 112 valence electrons. The molecule has 0 bridgehead atoms. The van der Waals surface area contributed by atoms with Gasteiger partial charge in [-0.2, -0.15) is 4.79 Å². The summed E-state index contributed by atoms with van der Waals surface area (Å²) >= 11 is 5.92. The van der Waals surface area contributed by atoms with Crippen LogP contribution in [-0.2, 0) is 16.6 Å². The van der Waals surface area contributed by atoms with Gasteiger partial charge in [-0.05, 0) is 29.7 Å². The predicted octanol–water partition coefficient (Wildman–Crippen LogP) is 2.65. The molecule has 2 rings (SSSR count). The van der Waals surface area contributed by atoms with Crippen molar-refractivity contribution in [2.24, 2.45) is 5.73 Å². The molecule has 1 atom stereocenters. The third-order valence-corrected chi connectivity index (χ3v) is 3.99. The molecule has 0 amide bonds. The Morgan fingerprint density at radius 2 is 1.82 bits per heavy atom. The number of nitrogens with two attached hydrogens (primary N) is 1. The first kappa shape index (κ1) is 16.1. The summed E-state index contributed by atoms with van der Waals surface area (Å²) < 4.78 is 0. The van der Waals surface area contributed by atoms with E-state index in [9.17, 15) is 4.79 Å². The molecule has 0 aliphatic rings. The quantitative estimate of drug-likeness (QED) is 0.505. The minimum atomic E-state index is -0.988. The molecular weight excluding hydrogens is 298 g/mol. The number of hydrogen-bond donors (Lipinski definition) is 1. The van der Waals surface area contributed by atoms with Crippen LogP contribution in [0.4, 0.5) is 0 Å². The summed E-state index contributed by atoms with van der Waals surface area (Å²) in [6.45, 7) is 0.0916.